The maximum absolute atomic E-state index is 11.9. The number of carbonyl (C=O) groups is 1. The summed E-state index contributed by atoms with van der Waals surface area (Å²) in [6.07, 6.45) is 3.22. The van der Waals surface area contributed by atoms with Crippen LogP contribution in [0.5, 0.6) is 23.0 Å². The van der Waals surface area contributed by atoms with Gasteiger partial charge in [-0.25, -0.2) is 4.98 Å². The molecule has 0 N–H and O–H groups in total. The highest BCUT2D eigenvalue weighted by Gasteiger charge is 2.25. The van der Waals surface area contributed by atoms with Crippen LogP contribution in [-0.2, 0) is 4.79 Å². The van der Waals surface area contributed by atoms with Gasteiger partial charge in [0.2, 0.25) is 11.4 Å². The molecule has 13 heteroatoms. The number of nitrogens with zero attached hydrogens (tertiary/aromatic N) is 4. The van der Waals surface area contributed by atoms with Crippen LogP contribution in [0.1, 0.15) is 23.9 Å². The van der Waals surface area contributed by atoms with Crippen molar-refractivity contribution in [1.29, 1.82) is 0 Å². The molecule has 0 aliphatic heterocycles. The van der Waals surface area contributed by atoms with Crippen LogP contribution in [0.4, 0.5) is 5.69 Å². The number of rotatable bonds is 8. The molecule has 2 aromatic carbocycles. The van der Waals surface area contributed by atoms with Gasteiger partial charge in [0.05, 0.1) is 43.0 Å². The van der Waals surface area contributed by atoms with Gasteiger partial charge < -0.3 is 24.2 Å². The number of nitro groups is 1. The Labute approximate surface area is 215 Å². The molecular formula is C25H22N4O9. The fraction of sp³-hybridized carbons (Fsp3) is 0.200. The number of benzene rings is 2. The minimum atomic E-state index is -0.720. The molecule has 0 amide bonds. The molecular weight excluding hydrogens is 500 g/mol. The lowest BCUT2D eigenvalue weighted by atomic mass is 10.0. The third-order valence-electron chi connectivity index (χ3n) is 5.58. The van der Waals surface area contributed by atoms with Gasteiger partial charge in [-0.1, -0.05) is 6.08 Å². The van der Waals surface area contributed by atoms with Crippen molar-refractivity contribution in [3.63, 3.8) is 0 Å². The SMILES string of the molecule is COc1cc(/C=C/c2ccc3c(OC)c(OC)cc(-c4no[n+]([O-])c4C)c3n2)cc([N+](=O)[O-])c1OC(C)=O. The normalized spacial score (nSPS) is 11.1. The van der Waals surface area contributed by atoms with Crippen LogP contribution in [0, 0.1) is 22.2 Å². The number of nitro benzene ring substituents is 1. The minimum Gasteiger partial charge on any atom is -0.493 e. The second-order valence-electron chi connectivity index (χ2n) is 7.91. The van der Waals surface area contributed by atoms with Crippen molar-refractivity contribution < 1.29 is 38.2 Å². The molecule has 0 saturated carbocycles. The standard InChI is InChI=1S/C25H22N4O9/c1-13-22(27-38-29(13)33)18-12-21(35-4)24(36-5)17-9-8-16(26-23(17)18)7-6-15-10-19(28(31)32)25(37-14(2)30)20(11-15)34-3/h6-12H,1-5H3/b7-6+. The number of methoxy groups -OCH3 is 3. The molecule has 0 saturated heterocycles. The van der Waals surface area contributed by atoms with Crippen molar-refractivity contribution in [1.82, 2.24) is 10.1 Å². The Balaban J connectivity index is 1.85. The van der Waals surface area contributed by atoms with E-state index in [-0.39, 0.29) is 22.9 Å². The lowest BCUT2D eigenvalue weighted by molar-refractivity contribution is -0.806. The summed E-state index contributed by atoms with van der Waals surface area (Å²) in [4.78, 5) is 27.4. The molecule has 4 aromatic rings. The van der Waals surface area contributed by atoms with E-state index in [4.69, 9.17) is 28.6 Å². The van der Waals surface area contributed by atoms with E-state index in [1.54, 1.807) is 37.3 Å². The van der Waals surface area contributed by atoms with Crippen LogP contribution >= 0.6 is 0 Å². The average Bonchev–Trinajstić information content (AvgIpc) is 3.23. The van der Waals surface area contributed by atoms with Crippen LogP contribution in [-0.4, -0.2) is 42.4 Å². The highest BCUT2D eigenvalue weighted by Crippen LogP contribution is 2.42. The van der Waals surface area contributed by atoms with Crippen molar-refractivity contribution in [2.24, 2.45) is 0 Å². The minimum absolute atomic E-state index is 0.0204. The summed E-state index contributed by atoms with van der Waals surface area (Å²) in [6, 6.07) is 7.87. The molecule has 0 aliphatic carbocycles. The van der Waals surface area contributed by atoms with E-state index < -0.39 is 16.6 Å². The summed E-state index contributed by atoms with van der Waals surface area (Å²) >= 11 is 0. The van der Waals surface area contributed by atoms with Crippen LogP contribution < -0.4 is 23.9 Å². The number of carbonyl (C=O) groups excluding carboxylic acids is 1. The molecule has 0 fully saturated rings. The number of ether oxygens (including phenoxy) is 4. The lowest BCUT2D eigenvalue weighted by Crippen LogP contribution is -2.25. The second kappa shape index (κ2) is 10.4. The van der Waals surface area contributed by atoms with Crippen LogP contribution in [0.15, 0.2) is 35.0 Å². The van der Waals surface area contributed by atoms with Gasteiger partial charge in [0.15, 0.2) is 17.2 Å². The van der Waals surface area contributed by atoms with Gasteiger partial charge in [0.1, 0.15) is 0 Å². The summed E-state index contributed by atoms with van der Waals surface area (Å²) in [5.41, 5.74) is 1.89. The van der Waals surface area contributed by atoms with Crippen molar-refractivity contribution in [3.8, 4) is 34.3 Å². The van der Waals surface area contributed by atoms with Gasteiger partial charge in [-0.15, -0.1) is 0 Å². The Morgan fingerprint density at radius 3 is 2.34 bits per heavy atom. The van der Waals surface area contributed by atoms with E-state index >= 15 is 0 Å². The molecule has 4 rings (SSSR count). The molecule has 0 aliphatic rings. The van der Waals surface area contributed by atoms with Crippen molar-refractivity contribution >= 4 is 34.7 Å². The largest absolute Gasteiger partial charge is 0.493 e. The number of aromatic nitrogens is 3. The molecule has 38 heavy (non-hydrogen) atoms. The summed E-state index contributed by atoms with van der Waals surface area (Å²) in [5.74, 6) is -0.135. The second-order valence-corrected chi connectivity index (χ2v) is 7.91. The van der Waals surface area contributed by atoms with Gasteiger partial charge in [-0.3, -0.25) is 19.5 Å². The van der Waals surface area contributed by atoms with Crippen LogP contribution in [0.3, 0.4) is 0 Å². The Kier molecular flexibility index (Phi) is 7.10. The number of pyridine rings is 1. The molecule has 0 radical (unpaired) electrons. The van der Waals surface area contributed by atoms with Crippen molar-refractivity contribution in [2.75, 3.05) is 21.3 Å². The van der Waals surface area contributed by atoms with E-state index in [0.29, 0.717) is 44.1 Å². The molecule has 0 unspecified atom stereocenters. The van der Waals surface area contributed by atoms with Crippen LogP contribution in [0.2, 0.25) is 0 Å². The van der Waals surface area contributed by atoms with E-state index in [1.807, 2.05) is 0 Å². The predicted molar refractivity (Wildman–Crippen MR) is 134 cm³/mol. The fourth-order valence-electron chi connectivity index (χ4n) is 3.85. The smallest absolute Gasteiger partial charge is 0.316 e. The zero-order valence-electron chi connectivity index (χ0n) is 21.0. The molecule has 2 aromatic heterocycles. The van der Waals surface area contributed by atoms with E-state index in [0.717, 1.165) is 6.92 Å². The van der Waals surface area contributed by atoms with Crippen molar-refractivity contribution in [3.05, 3.63) is 62.6 Å². The predicted octanol–water partition coefficient (Wildman–Crippen LogP) is 3.86. The Bertz CT molecular complexity index is 1590. The zero-order chi connectivity index (χ0) is 27.6. The first-order chi connectivity index (χ1) is 18.2. The summed E-state index contributed by atoms with van der Waals surface area (Å²) in [7, 11) is 4.30. The zero-order valence-corrected chi connectivity index (χ0v) is 21.0. The first-order valence-electron chi connectivity index (χ1n) is 11.0. The Hall–Kier alpha value is -5.20. The molecule has 13 nitrogen and oxygen atoms in total. The Morgan fingerprint density at radius 2 is 1.76 bits per heavy atom. The molecule has 2 heterocycles. The summed E-state index contributed by atoms with van der Waals surface area (Å²) in [5, 5.41) is 28.0. The third kappa shape index (κ3) is 4.76. The lowest BCUT2D eigenvalue weighted by Gasteiger charge is -2.13. The quantitative estimate of drug-likeness (QED) is 0.108. The summed E-state index contributed by atoms with van der Waals surface area (Å²) in [6.45, 7) is 2.70. The summed E-state index contributed by atoms with van der Waals surface area (Å²) < 4.78 is 26.0. The van der Waals surface area contributed by atoms with Gasteiger partial charge in [0.25, 0.3) is 5.69 Å². The van der Waals surface area contributed by atoms with Crippen LogP contribution in [0.25, 0.3) is 34.3 Å². The van der Waals surface area contributed by atoms with E-state index in [1.165, 1.54) is 33.5 Å². The first kappa shape index (κ1) is 25.9. The van der Waals surface area contributed by atoms with E-state index in [9.17, 15) is 20.1 Å². The topological polar surface area (TPSA) is 163 Å². The highest BCUT2D eigenvalue weighted by atomic mass is 16.8. The number of hydrogen-bond donors (Lipinski definition) is 0. The fourth-order valence-corrected chi connectivity index (χ4v) is 3.85. The Morgan fingerprint density at radius 1 is 1.05 bits per heavy atom. The molecule has 0 spiro atoms. The maximum atomic E-state index is 11.9. The monoisotopic (exact) mass is 522 g/mol. The van der Waals surface area contributed by atoms with E-state index in [2.05, 4.69) is 5.16 Å². The average molecular weight is 522 g/mol. The number of hydrogen-bond acceptors (Lipinski definition) is 11. The van der Waals surface area contributed by atoms with Crippen molar-refractivity contribution in [2.45, 2.75) is 13.8 Å². The molecule has 0 bridgehead atoms. The maximum Gasteiger partial charge on any atom is 0.316 e. The third-order valence-corrected chi connectivity index (χ3v) is 5.58. The first-order valence-corrected chi connectivity index (χ1v) is 11.0. The number of fused-ring (bicyclic) bond motifs is 1. The number of esters is 1. The van der Waals surface area contributed by atoms with Gasteiger partial charge in [0, 0.05) is 30.5 Å². The van der Waals surface area contributed by atoms with Gasteiger partial charge in [-0.2, -0.15) is 0 Å². The highest BCUT2D eigenvalue weighted by molar-refractivity contribution is 5.99. The molecule has 0 atom stereocenters. The van der Waals surface area contributed by atoms with Gasteiger partial charge in [-0.05, 0) is 40.8 Å². The molecule has 196 valence electrons. The van der Waals surface area contributed by atoms with Gasteiger partial charge >= 0.3 is 11.7 Å².